The van der Waals surface area contributed by atoms with Crippen LogP contribution in [0.4, 0.5) is 10.1 Å². The van der Waals surface area contributed by atoms with Gasteiger partial charge in [-0.2, -0.15) is 4.99 Å². The van der Waals surface area contributed by atoms with Crippen LogP contribution in [-0.4, -0.2) is 58.2 Å². The molecule has 166 valence electrons. The smallest absolute Gasteiger partial charge is 0.228 e. The zero-order chi connectivity index (χ0) is 22.3. The summed E-state index contributed by atoms with van der Waals surface area (Å²) in [6.07, 6.45) is 3.27. The first-order valence-electron chi connectivity index (χ1n) is 10.1. The molecule has 1 saturated heterocycles. The summed E-state index contributed by atoms with van der Waals surface area (Å²) in [5.74, 6) is -0.194. The average molecular weight is 450 g/mol. The number of likely N-dealkylation sites (tertiary alicyclic amines) is 1. The largest absolute Gasteiger partial charge is 0.390 e. The van der Waals surface area contributed by atoms with Crippen LogP contribution in [0, 0.1) is 11.8 Å². The van der Waals surface area contributed by atoms with Gasteiger partial charge in [-0.05, 0) is 32.5 Å². The van der Waals surface area contributed by atoms with Crippen molar-refractivity contribution in [2.45, 2.75) is 38.0 Å². The van der Waals surface area contributed by atoms with Crippen molar-refractivity contribution in [1.29, 1.82) is 0 Å². The second-order valence-electron chi connectivity index (χ2n) is 8.20. The lowest BCUT2D eigenvalue weighted by Crippen LogP contribution is -2.47. The minimum Gasteiger partial charge on any atom is -0.390 e. The van der Waals surface area contributed by atoms with Gasteiger partial charge in [0.1, 0.15) is 5.83 Å². The molecule has 0 spiro atoms. The predicted octanol–water partition coefficient (Wildman–Crippen LogP) is 1.39. The van der Waals surface area contributed by atoms with Gasteiger partial charge in [-0.25, -0.2) is 9.38 Å². The number of nitrogens with two attached hydrogens (primary N) is 1. The molecule has 3 aliphatic rings. The van der Waals surface area contributed by atoms with Crippen LogP contribution in [0.5, 0.6) is 0 Å². The molecule has 1 aliphatic heterocycles. The topological polar surface area (TPSA) is 128 Å². The molecule has 2 saturated carbocycles. The maximum atomic E-state index is 14.4. The van der Waals surface area contributed by atoms with Crippen molar-refractivity contribution in [3.63, 3.8) is 0 Å². The Labute approximate surface area is 184 Å². The second kappa shape index (κ2) is 8.18. The summed E-state index contributed by atoms with van der Waals surface area (Å²) in [6, 6.07) is 1.41. The monoisotopic (exact) mass is 449 g/mol. The van der Waals surface area contributed by atoms with Crippen molar-refractivity contribution >= 4 is 35.9 Å². The van der Waals surface area contributed by atoms with Crippen molar-refractivity contribution in [1.82, 2.24) is 15.2 Å². The highest BCUT2D eigenvalue weighted by atomic mass is 35.5. The normalized spacial score (nSPS) is 28.0. The molecule has 1 aromatic rings. The highest BCUT2D eigenvalue weighted by Gasteiger charge is 2.69. The Kier molecular flexibility index (Phi) is 5.71. The fraction of sp³-hybridized carbons (Fsp3) is 0.500. The lowest BCUT2D eigenvalue weighted by molar-refractivity contribution is -0.123. The second-order valence-corrected chi connectivity index (χ2v) is 8.61. The minimum atomic E-state index is -0.539. The minimum absolute atomic E-state index is 0.0246. The lowest BCUT2D eigenvalue weighted by Gasteiger charge is -2.25. The molecule has 0 bridgehead atoms. The molecule has 2 aliphatic carbocycles. The third kappa shape index (κ3) is 4.15. The average Bonchev–Trinajstić information content (AvgIpc) is 3.62. The molecule has 3 fully saturated rings. The van der Waals surface area contributed by atoms with Crippen molar-refractivity contribution < 1.29 is 14.3 Å². The van der Waals surface area contributed by atoms with Gasteiger partial charge in [-0.15, -0.1) is 0 Å². The molecular formula is C20H25ClFN7O2. The zero-order valence-corrected chi connectivity index (χ0v) is 17.9. The number of piperidine rings is 1. The number of anilines is 1. The number of aliphatic imine (C=N–C) groups is 2. The number of guanidine groups is 1. The van der Waals surface area contributed by atoms with Gasteiger partial charge in [0, 0.05) is 31.0 Å². The van der Waals surface area contributed by atoms with E-state index in [-0.39, 0.29) is 47.2 Å². The number of allylic oxidation sites excluding steroid dienone is 1. The van der Waals surface area contributed by atoms with Crippen LogP contribution in [0.1, 0.15) is 25.5 Å². The maximum absolute atomic E-state index is 14.4. The van der Waals surface area contributed by atoms with E-state index in [2.05, 4.69) is 32.3 Å². The van der Waals surface area contributed by atoms with Crippen LogP contribution >= 0.6 is 11.6 Å². The van der Waals surface area contributed by atoms with Crippen molar-refractivity contribution in [3.8, 4) is 0 Å². The van der Waals surface area contributed by atoms with Gasteiger partial charge in [0.05, 0.1) is 34.7 Å². The van der Waals surface area contributed by atoms with Gasteiger partial charge >= 0.3 is 0 Å². The van der Waals surface area contributed by atoms with Crippen LogP contribution in [0.25, 0.3) is 0 Å². The van der Waals surface area contributed by atoms with Gasteiger partial charge in [-0.1, -0.05) is 11.6 Å². The number of nitrogens with zero attached hydrogens (tertiary/aromatic N) is 4. The lowest BCUT2D eigenvalue weighted by atomic mass is 10.2. The number of nitrogens with one attached hydrogen (secondary N) is 2. The van der Waals surface area contributed by atoms with E-state index in [9.17, 15) is 14.3 Å². The molecule has 1 aromatic heterocycles. The van der Waals surface area contributed by atoms with E-state index in [1.807, 2.05) is 0 Å². The Morgan fingerprint density at radius 1 is 1.55 bits per heavy atom. The molecule has 1 amide bonds. The number of aromatic nitrogens is 1. The van der Waals surface area contributed by atoms with E-state index in [1.165, 1.54) is 13.1 Å². The molecule has 9 nitrogen and oxygen atoms in total. The highest BCUT2D eigenvalue weighted by molar-refractivity contribution is 6.31. The Balaban J connectivity index is 1.50. The molecule has 4 rings (SSSR count). The molecule has 31 heavy (non-hydrogen) atoms. The third-order valence-electron chi connectivity index (χ3n) is 6.05. The van der Waals surface area contributed by atoms with Crippen molar-refractivity contribution in [3.05, 3.63) is 34.6 Å². The van der Waals surface area contributed by atoms with E-state index in [1.54, 1.807) is 11.0 Å². The van der Waals surface area contributed by atoms with Gasteiger partial charge < -0.3 is 26.4 Å². The van der Waals surface area contributed by atoms with Crippen LogP contribution in [0.15, 0.2) is 33.9 Å². The Morgan fingerprint density at radius 2 is 2.29 bits per heavy atom. The first-order valence-corrected chi connectivity index (χ1v) is 10.4. The van der Waals surface area contributed by atoms with E-state index >= 15 is 0 Å². The highest BCUT2D eigenvalue weighted by Crippen LogP contribution is 2.50. The summed E-state index contributed by atoms with van der Waals surface area (Å²) in [5, 5.41) is 15.4. The fourth-order valence-corrected chi connectivity index (χ4v) is 4.30. The quantitative estimate of drug-likeness (QED) is 0.384. The van der Waals surface area contributed by atoms with E-state index in [0.717, 1.165) is 12.8 Å². The van der Waals surface area contributed by atoms with Crippen molar-refractivity contribution in [2.75, 3.05) is 18.4 Å². The van der Waals surface area contributed by atoms with Crippen LogP contribution in [-0.2, 0) is 11.4 Å². The van der Waals surface area contributed by atoms with Gasteiger partial charge in [0.15, 0.2) is 5.82 Å². The number of aliphatic hydroxyl groups is 1. The third-order valence-corrected chi connectivity index (χ3v) is 6.37. The predicted molar refractivity (Wildman–Crippen MR) is 116 cm³/mol. The number of hydrogen-bond acceptors (Lipinski definition) is 6. The summed E-state index contributed by atoms with van der Waals surface area (Å²) < 4.78 is 14.4. The van der Waals surface area contributed by atoms with Crippen LogP contribution < -0.4 is 16.4 Å². The maximum Gasteiger partial charge on any atom is 0.228 e. The van der Waals surface area contributed by atoms with Crippen LogP contribution in [0.2, 0.25) is 5.02 Å². The number of amides is 1. The summed E-state index contributed by atoms with van der Waals surface area (Å²) in [6.45, 7) is 5.37. The van der Waals surface area contributed by atoms with Gasteiger partial charge in [-0.3, -0.25) is 9.78 Å². The zero-order valence-electron chi connectivity index (χ0n) is 17.1. The molecule has 2 heterocycles. The van der Waals surface area contributed by atoms with Crippen molar-refractivity contribution in [2.24, 2.45) is 27.6 Å². The number of carbonyl (C=O) groups is 1. The number of pyridine rings is 1. The Hall–Kier alpha value is -2.56. The first-order chi connectivity index (χ1) is 14.8. The number of hydrogen-bond donors (Lipinski definition) is 4. The van der Waals surface area contributed by atoms with Gasteiger partial charge in [0.25, 0.3) is 0 Å². The summed E-state index contributed by atoms with van der Waals surface area (Å²) in [4.78, 5) is 26.2. The molecule has 11 heteroatoms. The first kappa shape index (κ1) is 21.7. The van der Waals surface area contributed by atoms with E-state index in [4.69, 9.17) is 17.3 Å². The fourth-order valence-electron chi connectivity index (χ4n) is 4.07. The Morgan fingerprint density at radius 3 is 2.87 bits per heavy atom. The van der Waals surface area contributed by atoms with E-state index in [0.29, 0.717) is 24.5 Å². The SMILES string of the molecule is C=NC(=N/C(=C(\C)F)N1C[C@H]2[C@@H](N)[C@@]2(NC(=O)C2CC2)C1)Nc1cnc(CO)c(Cl)c1. The molecular weight excluding hydrogens is 425 g/mol. The van der Waals surface area contributed by atoms with Crippen LogP contribution in [0.3, 0.4) is 0 Å². The molecule has 0 unspecified atom stereocenters. The number of rotatable bonds is 6. The number of carbonyl (C=O) groups excluding carboxylic acids is 1. The number of fused-ring (bicyclic) bond motifs is 1. The number of aliphatic hydroxyl groups excluding tert-OH is 1. The molecule has 5 N–H and O–H groups in total. The number of halogens is 2. The van der Waals surface area contributed by atoms with Gasteiger partial charge in [0.2, 0.25) is 11.9 Å². The summed E-state index contributed by atoms with van der Waals surface area (Å²) >= 11 is 6.06. The standard InChI is InChI=1S/C20H25ClFN7O2/c1-10(22)17(27-19(24-2)26-12-5-14(21)15(8-30)25-6-12)29-7-13-16(23)20(13,9-29)28-18(31)11-3-4-11/h5-6,11,13,16,30H,2-4,7-9,23H2,1H3,(H,26,27)(H,28,31)/b17-10-/t13-,16+,20+/m0/s1. The summed E-state index contributed by atoms with van der Waals surface area (Å²) in [5.41, 5.74) is 6.48. The molecule has 3 atom stereocenters. The molecule has 0 radical (unpaired) electrons. The van der Waals surface area contributed by atoms with E-state index < -0.39 is 11.4 Å². The summed E-state index contributed by atoms with van der Waals surface area (Å²) in [7, 11) is 0. The molecule has 0 aromatic carbocycles. The Bertz CT molecular complexity index is 976.